The summed E-state index contributed by atoms with van der Waals surface area (Å²) in [5.41, 5.74) is 1.52. The summed E-state index contributed by atoms with van der Waals surface area (Å²) in [5.74, 6) is 0.482. The first-order valence-corrected chi connectivity index (χ1v) is 6.70. The summed E-state index contributed by atoms with van der Waals surface area (Å²) >= 11 is 0. The van der Waals surface area contributed by atoms with Crippen LogP contribution in [0.1, 0.15) is 23.3 Å². The quantitative estimate of drug-likeness (QED) is 0.688. The zero-order valence-electron chi connectivity index (χ0n) is 11.5. The molecule has 0 spiro atoms. The van der Waals surface area contributed by atoms with Gasteiger partial charge in [0.15, 0.2) is 5.78 Å². The van der Waals surface area contributed by atoms with Crippen molar-refractivity contribution in [3.05, 3.63) is 66.2 Å². The standard InChI is InChI=1S/C16H14N4O/c1-12(15(21)13-8-4-2-5-9-13)20-18-16(17-19-20)14-10-6-3-7-11-14/h2-12H,1H3. The lowest BCUT2D eigenvalue weighted by molar-refractivity contribution is 0.0918. The smallest absolute Gasteiger partial charge is 0.204 e. The third kappa shape index (κ3) is 2.72. The molecule has 2 aromatic carbocycles. The predicted octanol–water partition coefficient (Wildman–Crippen LogP) is 2.78. The normalized spacial score (nSPS) is 12.0. The third-order valence-electron chi connectivity index (χ3n) is 3.24. The van der Waals surface area contributed by atoms with Gasteiger partial charge in [-0.2, -0.15) is 4.80 Å². The molecule has 1 unspecified atom stereocenters. The van der Waals surface area contributed by atoms with Crippen molar-refractivity contribution in [2.45, 2.75) is 13.0 Å². The summed E-state index contributed by atoms with van der Waals surface area (Å²) in [4.78, 5) is 13.7. The first kappa shape index (κ1) is 13.2. The predicted molar refractivity (Wildman–Crippen MR) is 78.7 cm³/mol. The van der Waals surface area contributed by atoms with E-state index >= 15 is 0 Å². The highest BCUT2D eigenvalue weighted by Gasteiger charge is 2.19. The molecule has 0 saturated carbocycles. The summed E-state index contributed by atoms with van der Waals surface area (Å²) in [6, 6.07) is 18.2. The highest BCUT2D eigenvalue weighted by Crippen LogP contribution is 2.16. The van der Waals surface area contributed by atoms with E-state index in [0.29, 0.717) is 11.4 Å². The maximum absolute atomic E-state index is 12.4. The van der Waals surface area contributed by atoms with Gasteiger partial charge in [0.1, 0.15) is 6.04 Å². The Labute approximate surface area is 122 Å². The van der Waals surface area contributed by atoms with Gasteiger partial charge >= 0.3 is 0 Å². The molecule has 0 radical (unpaired) electrons. The molecular formula is C16H14N4O. The van der Waals surface area contributed by atoms with Crippen LogP contribution in [0.15, 0.2) is 60.7 Å². The molecule has 0 aliphatic rings. The molecule has 0 bridgehead atoms. The number of hydrogen-bond donors (Lipinski definition) is 0. The van der Waals surface area contributed by atoms with E-state index in [4.69, 9.17) is 0 Å². The van der Waals surface area contributed by atoms with Gasteiger partial charge in [0.2, 0.25) is 5.82 Å². The average Bonchev–Trinajstić information content (AvgIpc) is 3.05. The van der Waals surface area contributed by atoms with Crippen LogP contribution in [-0.4, -0.2) is 26.0 Å². The Morgan fingerprint density at radius 2 is 1.62 bits per heavy atom. The summed E-state index contributed by atoms with van der Waals surface area (Å²) < 4.78 is 0. The van der Waals surface area contributed by atoms with Crippen LogP contribution >= 0.6 is 0 Å². The zero-order chi connectivity index (χ0) is 14.7. The van der Waals surface area contributed by atoms with Crippen molar-refractivity contribution in [2.24, 2.45) is 0 Å². The summed E-state index contributed by atoms with van der Waals surface area (Å²) in [6.07, 6.45) is 0. The Bertz CT molecular complexity index is 737. The molecule has 5 nitrogen and oxygen atoms in total. The number of aromatic nitrogens is 4. The van der Waals surface area contributed by atoms with Crippen LogP contribution in [0.5, 0.6) is 0 Å². The number of nitrogens with zero attached hydrogens (tertiary/aromatic N) is 4. The number of carbonyl (C=O) groups is 1. The topological polar surface area (TPSA) is 60.7 Å². The van der Waals surface area contributed by atoms with E-state index in [1.807, 2.05) is 48.5 Å². The van der Waals surface area contributed by atoms with E-state index in [1.54, 1.807) is 19.1 Å². The van der Waals surface area contributed by atoms with E-state index in [1.165, 1.54) is 4.80 Å². The fraction of sp³-hybridized carbons (Fsp3) is 0.125. The molecular weight excluding hydrogens is 264 g/mol. The van der Waals surface area contributed by atoms with Gasteiger partial charge in [0, 0.05) is 11.1 Å². The second-order valence-electron chi connectivity index (χ2n) is 4.71. The van der Waals surface area contributed by atoms with Crippen molar-refractivity contribution in [3.63, 3.8) is 0 Å². The highest BCUT2D eigenvalue weighted by molar-refractivity contribution is 5.98. The fourth-order valence-electron chi connectivity index (χ4n) is 2.04. The first-order chi connectivity index (χ1) is 10.3. The van der Waals surface area contributed by atoms with Crippen molar-refractivity contribution in [2.75, 3.05) is 0 Å². The van der Waals surface area contributed by atoms with Crippen LogP contribution in [0.3, 0.4) is 0 Å². The van der Waals surface area contributed by atoms with Crippen LogP contribution in [0.25, 0.3) is 11.4 Å². The molecule has 0 saturated heterocycles. The summed E-state index contributed by atoms with van der Waals surface area (Å²) in [7, 11) is 0. The van der Waals surface area contributed by atoms with E-state index in [2.05, 4.69) is 15.4 Å². The van der Waals surface area contributed by atoms with Gasteiger partial charge < -0.3 is 0 Å². The Morgan fingerprint density at radius 1 is 1.00 bits per heavy atom. The number of Topliss-reactive ketones (excluding diaryl/α,β-unsaturated/α-hetero) is 1. The maximum Gasteiger partial charge on any atom is 0.204 e. The molecule has 21 heavy (non-hydrogen) atoms. The Balaban J connectivity index is 1.85. The third-order valence-corrected chi connectivity index (χ3v) is 3.24. The molecule has 0 aliphatic carbocycles. The number of hydrogen-bond acceptors (Lipinski definition) is 4. The largest absolute Gasteiger partial charge is 0.292 e. The van der Waals surface area contributed by atoms with Gasteiger partial charge in [-0.1, -0.05) is 60.7 Å². The van der Waals surface area contributed by atoms with Crippen molar-refractivity contribution in [3.8, 4) is 11.4 Å². The molecule has 1 heterocycles. The molecule has 0 amide bonds. The Kier molecular flexibility index (Phi) is 3.55. The van der Waals surface area contributed by atoms with Crippen molar-refractivity contribution >= 4 is 5.78 Å². The van der Waals surface area contributed by atoms with Crippen molar-refractivity contribution in [1.29, 1.82) is 0 Å². The van der Waals surface area contributed by atoms with E-state index in [9.17, 15) is 4.79 Å². The molecule has 0 fully saturated rings. The molecule has 1 aromatic heterocycles. The lowest BCUT2D eigenvalue weighted by Crippen LogP contribution is -2.19. The molecule has 104 valence electrons. The van der Waals surface area contributed by atoms with Crippen LogP contribution in [-0.2, 0) is 0 Å². The summed E-state index contributed by atoms with van der Waals surface area (Å²) in [5, 5.41) is 12.3. The second-order valence-corrected chi connectivity index (χ2v) is 4.71. The number of rotatable bonds is 4. The minimum atomic E-state index is -0.489. The molecule has 3 aromatic rings. The van der Waals surface area contributed by atoms with E-state index in [0.717, 1.165) is 5.56 Å². The average molecular weight is 278 g/mol. The van der Waals surface area contributed by atoms with Crippen molar-refractivity contribution < 1.29 is 4.79 Å². The van der Waals surface area contributed by atoms with Crippen LogP contribution in [0.4, 0.5) is 0 Å². The number of tetrazole rings is 1. The monoisotopic (exact) mass is 278 g/mol. The lowest BCUT2D eigenvalue weighted by Gasteiger charge is -2.08. The lowest BCUT2D eigenvalue weighted by atomic mass is 10.1. The number of benzene rings is 2. The van der Waals surface area contributed by atoms with Crippen LogP contribution in [0, 0.1) is 0 Å². The minimum absolute atomic E-state index is 0.0346. The van der Waals surface area contributed by atoms with Crippen LogP contribution < -0.4 is 0 Å². The molecule has 1 atom stereocenters. The highest BCUT2D eigenvalue weighted by atomic mass is 16.1. The number of ketones is 1. The molecule has 0 N–H and O–H groups in total. The van der Waals surface area contributed by atoms with Gasteiger partial charge in [0.25, 0.3) is 0 Å². The minimum Gasteiger partial charge on any atom is -0.292 e. The fourth-order valence-corrected chi connectivity index (χ4v) is 2.04. The van der Waals surface area contributed by atoms with Gasteiger partial charge in [-0.25, -0.2) is 0 Å². The van der Waals surface area contributed by atoms with Crippen molar-refractivity contribution in [1.82, 2.24) is 20.2 Å². The second kappa shape index (κ2) is 5.66. The first-order valence-electron chi connectivity index (χ1n) is 6.70. The maximum atomic E-state index is 12.4. The van der Waals surface area contributed by atoms with Gasteiger partial charge in [0.05, 0.1) is 0 Å². The van der Waals surface area contributed by atoms with Gasteiger partial charge in [-0.3, -0.25) is 4.79 Å². The Morgan fingerprint density at radius 3 is 2.29 bits per heavy atom. The SMILES string of the molecule is CC(C(=O)c1ccccc1)n1nnc(-c2ccccc2)n1. The molecule has 0 aliphatic heterocycles. The Hall–Kier alpha value is -2.82. The molecule has 5 heteroatoms. The zero-order valence-corrected chi connectivity index (χ0v) is 11.5. The van der Waals surface area contributed by atoms with E-state index in [-0.39, 0.29) is 5.78 Å². The van der Waals surface area contributed by atoms with Gasteiger partial charge in [-0.05, 0) is 12.1 Å². The van der Waals surface area contributed by atoms with E-state index < -0.39 is 6.04 Å². The van der Waals surface area contributed by atoms with Crippen LogP contribution in [0.2, 0.25) is 0 Å². The van der Waals surface area contributed by atoms with Gasteiger partial charge in [-0.15, -0.1) is 10.2 Å². The number of carbonyl (C=O) groups excluding carboxylic acids is 1. The molecule has 3 rings (SSSR count). The summed E-state index contributed by atoms with van der Waals surface area (Å²) in [6.45, 7) is 1.77.